The zero-order chi connectivity index (χ0) is 14.5. The minimum Gasteiger partial charge on any atom is -0.394 e. The van der Waals surface area contributed by atoms with Gasteiger partial charge in [0.1, 0.15) is 6.04 Å². The zero-order valence-electron chi connectivity index (χ0n) is 11.6. The minimum absolute atomic E-state index is 0.360. The van der Waals surface area contributed by atoms with Crippen molar-refractivity contribution in [1.29, 1.82) is 0 Å². The normalized spacial score (nSPS) is 15.9. The number of aliphatic hydroxyl groups excluding tert-OH is 1. The van der Waals surface area contributed by atoms with Crippen molar-refractivity contribution in [2.75, 3.05) is 32.2 Å². The average molecular weight is 279 g/mol. The smallest absolute Gasteiger partial charge is 0.243 e. The van der Waals surface area contributed by atoms with Crippen LogP contribution < -0.4 is 11.1 Å². The van der Waals surface area contributed by atoms with E-state index in [0.717, 1.165) is 19.6 Å². The minimum atomic E-state index is -0.888. The van der Waals surface area contributed by atoms with Crippen LogP contribution in [-0.4, -0.2) is 48.8 Å². The second-order valence-corrected chi connectivity index (χ2v) is 4.97. The number of carbonyl (C=O) groups excluding carboxylic acids is 1. The van der Waals surface area contributed by atoms with Gasteiger partial charge >= 0.3 is 0 Å². The molecule has 1 amide bonds. The Labute approximate surface area is 118 Å². The molecule has 6 nitrogen and oxygen atoms in total. The standard InChI is InChI=1S/C14H21N3O3/c1-20-5-4-17-7-10-2-3-12(6-11(10)8-17)16-14(19)13(15)9-18/h2-3,6,13,18H,4-5,7-9,15H2,1H3,(H,16,19). The molecule has 0 fully saturated rings. The number of fused-ring (bicyclic) bond motifs is 1. The fourth-order valence-electron chi connectivity index (χ4n) is 2.24. The van der Waals surface area contributed by atoms with E-state index in [0.29, 0.717) is 12.3 Å². The number of amides is 1. The van der Waals surface area contributed by atoms with Crippen molar-refractivity contribution in [3.05, 3.63) is 29.3 Å². The van der Waals surface area contributed by atoms with Gasteiger partial charge in [-0.1, -0.05) is 6.07 Å². The monoisotopic (exact) mass is 279 g/mol. The number of anilines is 1. The first kappa shape index (κ1) is 14.9. The Hall–Kier alpha value is -1.47. The summed E-state index contributed by atoms with van der Waals surface area (Å²) in [6.45, 7) is 3.00. The highest BCUT2D eigenvalue weighted by atomic mass is 16.5. The number of rotatable bonds is 6. The molecule has 6 heteroatoms. The third-order valence-electron chi connectivity index (χ3n) is 3.41. The summed E-state index contributed by atoms with van der Waals surface area (Å²) in [7, 11) is 1.70. The van der Waals surface area contributed by atoms with Crippen LogP contribution in [0.4, 0.5) is 5.69 Å². The lowest BCUT2D eigenvalue weighted by Gasteiger charge is -2.13. The summed E-state index contributed by atoms with van der Waals surface area (Å²) < 4.78 is 5.08. The number of methoxy groups -OCH3 is 1. The van der Waals surface area contributed by atoms with Crippen molar-refractivity contribution in [1.82, 2.24) is 4.90 Å². The molecule has 0 radical (unpaired) electrons. The van der Waals surface area contributed by atoms with Gasteiger partial charge in [0.25, 0.3) is 0 Å². The van der Waals surface area contributed by atoms with Crippen molar-refractivity contribution in [2.24, 2.45) is 5.73 Å². The molecular weight excluding hydrogens is 258 g/mol. The maximum Gasteiger partial charge on any atom is 0.243 e. The fraction of sp³-hybridized carbons (Fsp3) is 0.500. The predicted molar refractivity (Wildman–Crippen MR) is 76.1 cm³/mol. The number of nitrogens with one attached hydrogen (secondary N) is 1. The van der Waals surface area contributed by atoms with E-state index in [1.807, 2.05) is 18.2 Å². The number of benzene rings is 1. The van der Waals surface area contributed by atoms with E-state index in [4.69, 9.17) is 15.6 Å². The molecule has 2 rings (SSSR count). The number of hydrogen-bond donors (Lipinski definition) is 3. The number of nitrogens with zero attached hydrogens (tertiary/aromatic N) is 1. The first-order chi connectivity index (χ1) is 9.63. The van der Waals surface area contributed by atoms with Crippen molar-refractivity contribution in [2.45, 2.75) is 19.1 Å². The second-order valence-electron chi connectivity index (χ2n) is 4.97. The molecule has 0 aliphatic carbocycles. The molecule has 110 valence electrons. The summed E-state index contributed by atoms with van der Waals surface area (Å²) in [6, 6.07) is 4.95. The summed E-state index contributed by atoms with van der Waals surface area (Å²) in [5, 5.41) is 11.6. The molecule has 4 N–H and O–H groups in total. The van der Waals surface area contributed by atoms with E-state index in [1.54, 1.807) is 7.11 Å². The SMILES string of the molecule is COCCN1Cc2ccc(NC(=O)C(N)CO)cc2C1. The first-order valence-corrected chi connectivity index (χ1v) is 6.64. The van der Waals surface area contributed by atoms with Gasteiger partial charge in [0.2, 0.25) is 5.91 Å². The highest BCUT2D eigenvalue weighted by molar-refractivity contribution is 5.94. The summed E-state index contributed by atoms with van der Waals surface area (Å²) in [5.74, 6) is -0.373. The lowest BCUT2D eigenvalue weighted by atomic mass is 10.1. The largest absolute Gasteiger partial charge is 0.394 e. The third kappa shape index (κ3) is 3.55. The maximum atomic E-state index is 11.6. The third-order valence-corrected chi connectivity index (χ3v) is 3.41. The predicted octanol–water partition coefficient (Wildman–Crippen LogP) is -0.0933. The summed E-state index contributed by atoms with van der Waals surface area (Å²) in [6.07, 6.45) is 0. The van der Waals surface area contributed by atoms with Crippen LogP contribution in [0.5, 0.6) is 0 Å². The van der Waals surface area contributed by atoms with E-state index in [2.05, 4.69) is 10.2 Å². The van der Waals surface area contributed by atoms with Gasteiger partial charge in [0.15, 0.2) is 0 Å². The van der Waals surface area contributed by atoms with Crippen LogP contribution >= 0.6 is 0 Å². The van der Waals surface area contributed by atoms with Crippen LogP contribution in [0.2, 0.25) is 0 Å². The molecule has 0 bridgehead atoms. The summed E-state index contributed by atoms with van der Waals surface area (Å²) in [5.41, 5.74) is 8.66. The van der Waals surface area contributed by atoms with Crippen LogP contribution in [0, 0.1) is 0 Å². The van der Waals surface area contributed by atoms with Gasteiger partial charge < -0.3 is 20.9 Å². The van der Waals surface area contributed by atoms with Crippen LogP contribution in [0.3, 0.4) is 0 Å². The number of hydrogen-bond acceptors (Lipinski definition) is 5. The van der Waals surface area contributed by atoms with E-state index < -0.39 is 6.04 Å². The highest BCUT2D eigenvalue weighted by Crippen LogP contribution is 2.25. The Morgan fingerprint density at radius 2 is 2.25 bits per heavy atom. The molecule has 0 aromatic heterocycles. The number of carbonyl (C=O) groups is 1. The summed E-state index contributed by atoms with van der Waals surface area (Å²) in [4.78, 5) is 13.9. The summed E-state index contributed by atoms with van der Waals surface area (Å²) >= 11 is 0. The highest BCUT2D eigenvalue weighted by Gasteiger charge is 2.19. The number of aliphatic hydroxyl groups is 1. The molecule has 1 aromatic rings. The van der Waals surface area contributed by atoms with Gasteiger partial charge in [-0.15, -0.1) is 0 Å². The Morgan fingerprint density at radius 3 is 2.95 bits per heavy atom. The maximum absolute atomic E-state index is 11.6. The van der Waals surface area contributed by atoms with Gasteiger partial charge in [-0.25, -0.2) is 0 Å². The van der Waals surface area contributed by atoms with Crippen molar-refractivity contribution < 1.29 is 14.6 Å². The van der Waals surface area contributed by atoms with Gasteiger partial charge in [-0.3, -0.25) is 9.69 Å². The first-order valence-electron chi connectivity index (χ1n) is 6.64. The fourth-order valence-corrected chi connectivity index (χ4v) is 2.24. The zero-order valence-corrected chi connectivity index (χ0v) is 11.6. The Morgan fingerprint density at radius 1 is 1.50 bits per heavy atom. The van der Waals surface area contributed by atoms with E-state index >= 15 is 0 Å². The Balaban J connectivity index is 1.98. The number of nitrogens with two attached hydrogens (primary N) is 1. The lowest BCUT2D eigenvalue weighted by molar-refractivity contribution is -0.118. The van der Waals surface area contributed by atoms with Crippen molar-refractivity contribution in [3.8, 4) is 0 Å². The Kier molecular flexibility index (Phi) is 5.08. The van der Waals surface area contributed by atoms with Crippen LogP contribution in [0.1, 0.15) is 11.1 Å². The molecule has 0 spiro atoms. The lowest BCUT2D eigenvalue weighted by Crippen LogP contribution is -2.38. The topological polar surface area (TPSA) is 87.8 Å². The molecule has 1 heterocycles. The molecule has 1 aliphatic heterocycles. The molecule has 0 saturated carbocycles. The van der Waals surface area contributed by atoms with Crippen LogP contribution in [0.25, 0.3) is 0 Å². The van der Waals surface area contributed by atoms with Gasteiger partial charge in [-0.05, 0) is 23.3 Å². The molecule has 1 atom stereocenters. The van der Waals surface area contributed by atoms with Gasteiger partial charge in [0.05, 0.1) is 13.2 Å². The van der Waals surface area contributed by atoms with E-state index in [9.17, 15) is 4.79 Å². The molecule has 20 heavy (non-hydrogen) atoms. The Bertz CT molecular complexity index is 479. The van der Waals surface area contributed by atoms with Crippen molar-refractivity contribution >= 4 is 11.6 Å². The molecular formula is C14H21N3O3. The van der Waals surface area contributed by atoms with Crippen LogP contribution in [0.15, 0.2) is 18.2 Å². The molecule has 0 saturated heterocycles. The quantitative estimate of drug-likeness (QED) is 0.677. The van der Waals surface area contributed by atoms with Gasteiger partial charge in [-0.2, -0.15) is 0 Å². The van der Waals surface area contributed by atoms with E-state index in [-0.39, 0.29) is 12.5 Å². The van der Waals surface area contributed by atoms with Crippen LogP contribution in [-0.2, 0) is 22.6 Å². The average Bonchev–Trinajstić information content (AvgIpc) is 2.86. The van der Waals surface area contributed by atoms with E-state index in [1.165, 1.54) is 11.1 Å². The molecule has 1 aliphatic rings. The second kappa shape index (κ2) is 6.81. The van der Waals surface area contributed by atoms with Gasteiger partial charge in [0, 0.05) is 32.4 Å². The number of ether oxygens (including phenoxy) is 1. The molecule has 1 aromatic carbocycles. The molecule has 1 unspecified atom stereocenters. The van der Waals surface area contributed by atoms with Crippen molar-refractivity contribution in [3.63, 3.8) is 0 Å².